The van der Waals surface area contributed by atoms with Gasteiger partial charge in [0.1, 0.15) is 0 Å². The van der Waals surface area contributed by atoms with Crippen molar-refractivity contribution in [3.05, 3.63) is 24.3 Å². The molecule has 21 heavy (non-hydrogen) atoms. The van der Waals surface area contributed by atoms with Crippen LogP contribution < -0.4 is 0 Å². The summed E-state index contributed by atoms with van der Waals surface area (Å²) in [5.41, 5.74) is 0. The molecule has 1 atom stereocenters. The van der Waals surface area contributed by atoms with Crippen molar-refractivity contribution in [1.82, 2.24) is 15.0 Å². The lowest BCUT2D eigenvalue weighted by Crippen LogP contribution is -2.42. The fourth-order valence-corrected chi connectivity index (χ4v) is 2.69. The van der Waals surface area contributed by atoms with Gasteiger partial charge in [-0.1, -0.05) is 5.16 Å². The summed E-state index contributed by atoms with van der Waals surface area (Å²) in [6, 6.07) is 3.88. The summed E-state index contributed by atoms with van der Waals surface area (Å²) in [5, 5.41) is 3.86. The van der Waals surface area contributed by atoms with E-state index in [2.05, 4.69) is 17.1 Å². The number of furan rings is 1. The summed E-state index contributed by atoms with van der Waals surface area (Å²) in [6.07, 6.45) is 5.84. The molecule has 1 fully saturated rings. The first kappa shape index (κ1) is 13.9. The highest BCUT2D eigenvalue weighted by molar-refractivity contribution is 5.76. The molecular weight excluding hydrogens is 270 g/mol. The number of likely N-dealkylation sites (tertiary alicyclic amines) is 1. The largest absolute Gasteiger partial charge is 0.461 e. The third-order valence-electron chi connectivity index (χ3n) is 3.89. The number of carbonyl (C=O) groups is 1. The first-order valence-electron chi connectivity index (χ1n) is 7.40. The van der Waals surface area contributed by atoms with Crippen molar-refractivity contribution >= 4 is 5.91 Å². The van der Waals surface area contributed by atoms with Gasteiger partial charge in [0, 0.05) is 25.4 Å². The lowest BCUT2D eigenvalue weighted by atomic mass is 10.0. The van der Waals surface area contributed by atoms with Gasteiger partial charge in [-0.15, -0.1) is 0 Å². The van der Waals surface area contributed by atoms with Gasteiger partial charge in [-0.05, 0) is 38.3 Å². The number of aryl methyl sites for hydroxylation is 1. The Labute approximate surface area is 123 Å². The van der Waals surface area contributed by atoms with Gasteiger partial charge in [0.2, 0.25) is 17.6 Å². The molecule has 0 bridgehead atoms. The van der Waals surface area contributed by atoms with E-state index < -0.39 is 0 Å². The second-order valence-electron chi connectivity index (χ2n) is 5.42. The molecule has 0 saturated carbocycles. The zero-order valence-corrected chi connectivity index (χ0v) is 12.1. The predicted molar refractivity (Wildman–Crippen MR) is 75.3 cm³/mol. The summed E-state index contributed by atoms with van der Waals surface area (Å²) in [5.74, 6) is 1.63. The number of amides is 1. The van der Waals surface area contributed by atoms with Gasteiger partial charge >= 0.3 is 0 Å². The Hall–Kier alpha value is -2.11. The lowest BCUT2D eigenvalue weighted by Gasteiger charge is -2.33. The maximum atomic E-state index is 12.2. The molecule has 1 unspecified atom stereocenters. The number of nitrogens with zero attached hydrogens (tertiary/aromatic N) is 3. The highest BCUT2D eigenvalue weighted by atomic mass is 16.5. The van der Waals surface area contributed by atoms with Crippen LogP contribution in [0.1, 0.15) is 38.5 Å². The van der Waals surface area contributed by atoms with E-state index in [1.165, 1.54) is 6.42 Å². The number of rotatable bonds is 4. The third-order valence-corrected chi connectivity index (χ3v) is 3.89. The van der Waals surface area contributed by atoms with Crippen LogP contribution in [-0.2, 0) is 11.2 Å². The van der Waals surface area contributed by atoms with Crippen molar-refractivity contribution in [2.45, 2.75) is 45.1 Å². The van der Waals surface area contributed by atoms with Gasteiger partial charge in [-0.25, -0.2) is 0 Å². The summed E-state index contributed by atoms with van der Waals surface area (Å²) in [7, 11) is 0. The second-order valence-corrected chi connectivity index (χ2v) is 5.42. The van der Waals surface area contributed by atoms with Gasteiger partial charge in [-0.3, -0.25) is 4.79 Å². The fourth-order valence-electron chi connectivity index (χ4n) is 2.69. The van der Waals surface area contributed by atoms with E-state index >= 15 is 0 Å². The number of piperidine rings is 1. The second kappa shape index (κ2) is 6.11. The molecule has 1 amide bonds. The molecule has 1 saturated heterocycles. The molecule has 0 radical (unpaired) electrons. The summed E-state index contributed by atoms with van der Waals surface area (Å²) < 4.78 is 10.4. The van der Waals surface area contributed by atoms with E-state index in [9.17, 15) is 4.79 Å². The average Bonchev–Trinajstić information content (AvgIpc) is 3.16. The van der Waals surface area contributed by atoms with Crippen LogP contribution in [0.15, 0.2) is 27.3 Å². The van der Waals surface area contributed by atoms with E-state index in [0.717, 1.165) is 19.4 Å². The van der Waals surface area contributed by atoms with Crippen LogP contribution in [0.25, 0.3) is 11.6 Å². The molecule has 6 nitrogen and oxygen atoms in total. The topological polar surface area (TPSA) is 72.4 Å². The first-order chi connectivity index (χ1) is 10.2. The molecule has 0 spiro atoms. The van der Waals surface area contributed by atoms with E-state index in [4.69, 9.17) is 8.94 Å². The smallest absolute Gasteiger partial charge is 0.238 e. The summed E-state index contributed by atoms with van der Waals surface area (Å²) in [6.45, 7) is 2.97. The zero-order chi connectivity index (χ0) is 14.7. The molecule has 0 N–H and O–H groups in total. The molecule has 0 aromatic carbocycles. The molecule has 2 aromatic rings. The quantitative estimate of drug-likeness (QED) is 0.865. The van der Waals surface area contributed by atoms with Crippen LogP contribution in [0.4, 0.5) is 0 Å². The zero-order valence-electron chi connectivity index (χ0n) is 12.1. The van der Waals surface area contributed by atoms with Crippen molar-refractivity contribution in [3.63, 3.8) is 0 Å². The maximum Gasteiger partial charge on any atom is 0.238 e. The highest BCUT2D eigenvalue weighted by Crippen LogP contribution is 2.19. The number of hydrogen-bond acceptors (Lipinski definition) is 5. The Morgan fingerprint density at radius 2 is 2.38 bits per heavy atom. The van der Waals surface area contributed by atoms with E-state index in [1.54, 1.807) is 18.4 Å². The molecule has 2 aromatic heterocycles. The minimum absolute atomic E-state index is 0.167. The standard InChI is InChI=1S/C15H19N3O3/c1-11-5-2-3-9-18(11)14(19)8-7-13-16-15(17-21-13)12-6-4-10-20-12/h4,6,10-11H,2-3,5,7-9H2,1H3. The minimum Gasteiger partial charge on any atom is -0.461 e. The minimum atomic E-state index is 0.167. The van der Waals surface area contributed by atoms with Gasteiger partial charge in [0.05, 0.1) is 6.26 Å². The molecule has 112 valence electrons. The number of hydrogen-bond donors (Lipinski definition) is 0. The Balaban J connectivity index is 1.56. The van der Waals surface area contributed by atoms with Gasteiger partial charge in [-0.2, -0.15) is 4.98 Å². The van der Waals surface area contributed by atoms with Crippen LogP contribution >= 0.6 is 0 Å². The van der Waals surface area contributed by atoms with Crippen LogP contribution in [0.2, 0.25) is 0 Å². The number of aromatic nitrogens is 2. The Kier molecular flexibility index (Phi) is 4.03. The lowest BCUT2D eigenvalue weighted by molar-refractivity contribution is -0.134. The van der Waals surface area contributed by atoms with Crippen molar-refractivity contribution in [1.29, 1.82) is 0 Å². The van der Waals surface area contributed by atoms with Crippen LogP contribution in [0.3, 0.4) is 0 Å². The third kappa shape index (κ3) is 3.15. The molecule has 1 aliphatic rings. The van der Waals surface area contributed by atoms with Gasteiger partial charge < -0.3 is 13.8 Å². The molecule has 6 heteroatoms. The van der Waals surface area contributed by atoms with E-state index in [0.29, 0.717) is 36.4 Å². The molecule has 3 heterocycles. The van der Waals surface area contributed by atoms with E-state index in [-0.39, 0.29) is 5.91 Å². The molecular formula is C15H19N3O3. The summed E-state index contributed by atoms with van der Waals surface area (Å²) in [4.78, 5) is 18.4. The number of carbonyl (C=O) groups excluding carboxylic acids is 1. The van der Waals surface area contributed by atoms with Gasteiger partial charge in [0.15, 0.2) is 5.76 Å². The summed E-state index contributed by atoms with van der Waals surface area (Å²) >= 11 is 0. The van der Waals surface area contributed by atoms with Crippen molar-refractivity contribution in [2.75, 3.05) is 6.54 Å². The highest BCUT2D eigenvalue weighted by Gasteiger charge is 2.23. The van der Waals surface area contributed by atoms with E-state index in [1.807, 2.05) is 4.90 Å². The van der Waals surface area contributed by atoms with Crippen molar-refractivity contribution < 1.29 is 13.7 Å². The van der Waals surface area contributed by atoms with Crippen LogP contribution in [-0.4, -0.2) is 33.5 Å². The van der Waals surface area contributed by atoms with Crippen molar-refractivity contribution in [2.24, 2.45) is 0 Å². The Morgan fingerprint density at radius 3 is 3.14 bits per heavy atom. The SMILES string of the molecule is CC1CCCCN1C(=O)CCc1nc(-c2ccco2)no1. The Morgan fingerprint density at radius 1 is 1.48 bits per heavy atom. The maximum absolute atomic E-state index is 12.2. The molecule has 0 aliphatic carbocycles. The fraction of sp³-hybridized carbons (Fsp3) is 0.533. The van der Waals surface area contributed by atoms with Gasteiger partial charge in [0.25, 0.3) is 0 Å². The van der Waals surface area contributed by atoms with Crippen LogP contribution in [0.5, 0.6) is 0 Å². The monoisotopic (exact) mass is 289 g/mol. The van der Waals surface area contributed by atoms with Crippen molar-refractivity contribution in [3.8, 4) is 11.6 Å². The first-order valence-corrected chi connectivity index (χ1v) is 7.40. The average molecular weight is 289 g/mol. The normalized spacial score (nSPS) is 18.9. The molecule has 3 rings (SSSR count). The Bertz CT molecular complexity index is 591. The predicted octanol–water partition coefficient (Wildman–Crippen LogP) is 2.66. The van der Waals surface area contributed by atoms with Crippen LogP contribution in [0, 0.1) is 0 Å². The molecule has 1 aliphatic heterocycles.